The molecule has 0 aromatic rings. The highest BCUT2D eigenvalue weighted by atomic mass is 32.3. The Kier molecular flexibility index (Phi) is 6.84. The lowest BCUT2D eigenvalue weighted by Gasteiger charge is -2.20. The van der Waals surface area contributed by atoms with Crippen molar-refractivity contribution in [3.05, 3.63) is 0 Å². The van der Waals surface area contributed by atoms with Gasteiger partial charge in [-0.05, 0) is 39.5 Å². The lowest BCUT2D eigenvalue weighted by atomic mass is 10.1. The standard InChI is InChI=1S/C12H24FN3O3S/c1-15(5-2-4-14)6-3-7-16-9-11(8-12(16)17)10-20(13,18)19/h11H,2-10,14H2,1H3. The molecule has 8 heteroatoms. The predicted molar refractivity (Wildman–Crippen MR) is 75.4 cm³/mol. The number of likely N-dealkylation sites (tertiary alicyclic amines) is 1. The van der Waals surface area contributed by atoms with Crippen LogP contribution in [-0.2, 0) is 15.0 Å². The Bertz CT molecular complexity index is 416. The van der Waals surface area contributed by atoms with Crippen LogP contribution in [0.2, 0.25) is 0 Å². The number of carbonyl (C=O) groups excluding carboxylic acids is 1. The number of amides is 1. The third-order valence-electron chi connectivity index (χ3n) is 3.44. The van der Waals surface area contributed by atoms with Gasteiger partial charge in [0.1, 0.15) is 0 Å². The Morgan fingerprint density at radius 3 is 2.65 bits per heavy atom. The van der Waals surface area contributed by atoms with Crippen LogP contribution < -0.4 is 5.73 Å². The second kappa shape index (κ2) is 7.90. The molecule has 1 rings (SSSR count). The fourth-order valence-corrected chi connectivity index (χ4v) is 3.25. The van der Waals surface area contributed by atoms with E-state index in [-0.39, 0.29) is 12.3 Å². The normalized spacial score (nSPS) is 20.1. The van der Waals surface area contributed by atoms with Gasteiger partial charge in [-0.3, -0.25) is 4.79 Å². The Morgan fingerprint density at radius 1 is 1.40 bits per heavy atom. The van der Waals surface area contributed by atoms with Crippen LogP contribution in [0.25, 0.3) is 0 Å². The molecule has 1 atom stereocenters. The lowest BCUT2D eigenvalue weighted by molar-refractivity contribution is -0.127. The van der Waals surface area contributed by atoms with Crippen LogP contribution in [0.1, 0.15) is 19.3 Å². The van der Waals surface area contributed by atoms with Crippen molar-refractivity contribution in [1.82, 2.24) is 9.80 Å². The van der Waals surface area contributed by atoms with Crippen molar-refractivity contribution in [2.45, 2.75) is 19.3 Å². The topological polar surface area (TPSA) is 83.7 Å². The summed E-state index contributed by atoms with van der Waals surface area (Å²) in [6.07, 6.45) is 1.89. The van der Waals surface area contributed by atoms with Crippen molar-refractivity contribution in [2.24, 2.45) is 11.7 Å². The number of hydrogen-bond donors (Lipinski definition) is 1. The van der Waals surface area contributed by atoms with E-state index in [9.17, 15) is 17.1 Å². The largest absolute Gasteiger partial charge is 0.342 e. The number of hydrogen-bond acceptors (Lipinski definition) is 5. The molecule has 0 radical (unpaired) electrons. The Balaban J connectivity index is 2.26. The van der Waals surface area contributed by atoms with Gasteiger partial charge in [0, 0.05) is 25.4 Å². The average Bonchev–Trinajstić information content (AvgIpc) is 2.64. The first-order valence-electron chi connectivity index (χ1n) is 6.90. The molecule has 0 aromatic carbocycles. The van der Waals surface area contributed by atoms with Gasteiger partial charge in [0.2, 0.25) is 5.91 Å². The predicted octanol–water partition coefficient (Wildman–Crippen LogP) is -0.195. The molecule has 0 bridgehead atoms. The van der Waals surface area contributed by atoms with Crippen LogP contribution >= 0.6 is 0 Å². The smallest absolute Gasteiger partial charge is 0.302 e. The summed E-state index contributed by atoms with van der Waals surface area (Å²) in [5.41, 5.74) is 5.43. The van der Waals surface area contributed by atoms with Gasteiger partial charge in [0.15, 0.2) is 0 Å². The molecule has 20 heavy (non-hydrogen) atoms. The Morgan fingerprint density at radius 2 is 2.05 bits per heavy atom. The van der Waals surface area contributed by atoms with Crippen LogP contribution in [0.5, 0.6) is 0 Å². The zero-order valence-electron chi connectivity index (χ0n) is 11.9. The summed E-state index contributed by atoms with van der Waals surface area (Å²) < 4.78 is 33.8. The first-order valence-corrected chi connectivity index (χ1v) is 8.46. The lowest BCUT2D eigenvalue weighted by Crippen LogP contribution is -2.30. The zero-order valence-corrected chi connectivity index (χ0v) is 12.7. The third-order valence-corrected chi connectivity index (χ3v) is 4.31. The van der Waals surface area contributed by atoms with E-state index in [0.717, 1.165) is 25.9 Å². The minimum absolute atomic E-state index is 0.0803. The second-order valence-corrected chi connectivity index (χ2v) is 6.83. The van der Waals surface area contributed by atoms with E-state index < -0.39 is 21.9 Å². The van der Waals surface area contributed by atoms with Crippen molar-refractivity contribution in [3.8, 4) is 0 Å². The van der Waals surface area contributed by atoms with Crippen molar-refractivity contribution in [2.75, 3.05) is 45.5 Å². The summed E-state index contributed by atoms with van der Waals surface area (Å²) >= 11 is 0. The zero-order chi connectivity index (χ0) is 15.2. The highest BCUT2D eigenvalue weighted by Crippen LogP contribution is 2.20. The molecule has 0 saturated carbocycles. The van der Waals surface area contributed by atoms with Gasteiger partial charge in [-0.2, -0.15) is 8.42 Å². The molecule has 6 nitrogen and oxygen atoms in total. The molecule has 1 unspecified atom stereocenters. The van der Waals surface area contributed by atoms with Gasteiger partial charge in [-0.25, -0.2) is 0 Å². The first kappa shape index (κ1) is 17.3. The van der Waals surface area contributed by atoms with E-state index in [2.05, 4.69) is 4.90 Å². The third kappa shape index (κ3) is 6.62. The number of halogens is 1. The molecular formula is C12H24FN3O3S. The van der Waals surface area contributed by atoms with Crippen LogP contribution in [0.4, 0.5) is 3.89 Å². The van der Waals surface area contributed by atoms with E-state index >= 15 is 0 Å². The molecule has 0 aliphatic carbocycles. The molecule has 1 amide bonds. The molecule has 1 heterocycles. The number of rotatable bonds is 9. The summed E-state index contributed by atoms with van der Waals surface area (Å²) in [7, 11) is -2.50. The Labute approximate surface area is 120 Å². The van der Waals surface area contributed by atoms with E-state index in [1.807, 2.05) is 7.05 Å². The van der Waals surface area contributed by atoms with Crippen LogP contribution in [0.3, 0.4) is 0 Å². The molecule has 1 saturated heterocycles. The van der Waals surface area contributed by atoms with Crippen LogP contribution in [-0.4, -0.2) is 69.6 Å². The van der Waals surface area contributed by atoms with E-state index in [1.54, 1.807) is 4.90 Å². The average molecular weight is 309 g/mol. The minimum Gasteiger partial charge on any atom is -0.342 e. The minimum atomic E-state index is -4.50. The van der Waals surface area contributed by atoms with Gasteiger partial charge in [-0.1, -0.05) is 0 Å². The van der Waals surface area contributed by atoms with Crippen molar-refractivity contribution in [1.29, 1.82) is 0 Å². The molecule has 1 aliphatic heterocycles. The van der Waals surface area contributed by atoms with Crippen molar-refractivity contribution in [3.63, 3.8) is 0 Å². The maximum absolute atomic E-state index is 12.6. The summed E-state index contributed by atoms with van der Waals surface area (Å²) in [5.74, 6) is -1.04. The molecule has 0 spiro atoms. The maximum Gasteiger partial charge on any atom is 0.302 e. The Hall–Kier alpha value is -0.730. The van der Waals surface area contributed by atoms with E-state index in [1.165, 1.54) is 0 Å². The van der Waals surface area contributed by atoms with Gasteiger partial charge >= 0.3 is 10.2 Å². The SMILES string of the molecule is CN(CCCN)CCCN1CC(CS(=O)(=O)F)CC1=O. The molecule has 0 aromatic heterocycles. The van der Waals surface area contributed by atoms with E-state index in [0.29, 0.717) is 19.6 Å². The number of nitrogens with two attached hydrogens (primary N) is 1. The molecule has 118 valence electrons. The summed E-state index contributed by atoms with van der Waals surface area (Å²) in [6.45, 7) is 3.38. The summed E-state index contributed by atoms with van der Waals surface area (Å²) in [6, 6.07) is 0. The number of nitrogens with zero attached hydrogens (tertiary/aromatic N) is 2. The van der Waals surface area contributed by atoms with Crippen LogP contribution in [0, 0.1) is 5.92 Å². The van der Waals surface area contributed by atoms with E-state index in [4.69, 9.17) is 5.73 Å². The fraction of sp³-hybridized carbons (Fsp3) is 0.917. The maximum atomic E-state index is 12.6. The highest BCUT2D eigenvalue weighted by Gasteiger charge is 2.32. The van der Waals surface area contributed by atoms with Gasteiger partial charge < -0.3 is 15.5 Å². The molecular weight excluding hydrogens is 285 g/mol. The quantitative estimate of drug-likeness (QED) is 0.597. The van der Waals surface area contributed by atoms with Crippen molar-refractivity contribution >= 4 is 16.1 Å². The summed E-state index contributed by atoms with van der Waals surface area (Å²) in [4.78, 5) is 15.5. The molecule has 1 fully saturated rings. The van der Waals surface area contributed by atoms with Gasteiger partial charge in [0.25, 0.3) is 0 Å². The first-order chi connectivity index (χ1) is 9.31. The second-order valence-electron chi connectivity index (χ2n) is 5.41. The molecule has 2 N–H and O–H groups in total. The van der Waals surface area contributed by atoms with Crippen molar-refractivity contribution < 1.29 is 17.1 Å². The van der Waals surface area contributed by atoms with Crippen LogP contribution in [0.15, 0.2) is 0 Å². The monoisotopic (exact) mass is 309 g/mol. The van der Waals surface area contributed by atoms with Gasteiger partial charge in [-0.15, -0.1) is 3.89 Å². The molecule has 1 aliphatic rings. The summed E-state index contributed by atoms with van der Waals surface area (Å²) in [5, 5.41) is 0. The van der Waals surface area contributed by atoms with Gasteiger partial charge in [0.05, 0.1) is 5.75 Å². The highest BCUT2D eigenvalue weighted by molar-refractivity contribution is 7.86. The fourth-order valence-electron chi connectivity index (χ4n) is 2.47. The number of carbonyl (C=O) groups is 1.